The molecule has 0 spiro atoms. The minimum absolute atomic E-state index is 0.159. The van der Waals surface area contributed by atoms with Crippen molar-refractivity contribution < 1.29 is 19.1 Å². The highest BCUT2D eigenvalue weighted by Gasteiger charge is 2.26. The van der Waals surface area contributed by atoms with Crippen molar-refractivity contribution in [3.05, 3.63) is 29.8 Å². The zero-order valence-electron chi connectivity index (χ0n) is 12.4. The van der Waals surface area contributed by atoms with Gasteiger partial charge in [-0.2, -0.15) is 5.26 Å². The van der Waals surface area contributed by atoms with Crippen molar-refractivity contribution in [1.29, 1.82) is 5.26 Å². The first-order chi connectivity index (χ1) is 11.0. The summed E-state index contributed by atoms with van der Waals surface area (Å²) in [5.41, 5.74) is 0.862. The van der Waals surface area contributed by atoms with Gasteiger partial charge in [0.05, 0.1) is 11.6 Å². The van der Waals surface area contributed by atoms with Crippen LogP contribution in [0.15, 0.2) is 24.3 Å². The van der Waals surface area contributed by atoms with Gasteiger partial charge < -0.3 is 15.0 Å². The molecule has 0 aromatic heterocycles. The van der Waals surface area contributed by atoms with Crippen molar-refractivity contribution in [1.82, 2.24) is 4.90 Å². The second-order valence-electron chi connectivity index (χ2n) is 4.85. The Morgan fingerprint density at radius 1 is 1.52 bits per heavy atom. The van der Waals surface area contributed by atoms with Crippen LogP contribution in [-0.4, -0.2) is 47.0 Å². The van der Waals surface area contributed by atoms with Gasteiger partial charge in [0.25, 0.3) is 11.1 Å². The molecule has 1 N–H and O–H groups in total. The van der Waals surface area contributed by atoms with Crippen LogP contribution in [0.4, 0.5) is 10.5 Å². The molecule has 1 fully saturated rings. The van der Waals surface area contributed by atoms with Crippen LogP contribution < -0.4 is 5.32 Å². The van der Waals surface area contributed by atoms with E-state index in [1.807, 2.05) is 6.07 Å². The quantitative estimate of drug-likeness (QED) is 0.822. The highest BCUT2D eigenvalue weighted by molar-refractivity contribution is 8.13. The van der Waals surface area contributed by atoms with Crippen LogP contribution in [0.3, 0.4) is 0 Å². The van der Waals surface area contributed by atoms with Crippen LogP contribution in [0.2, 0.25) is 0 Å². The van der Waals surface area contributed by atoms with Gasteiger partial charge in [0.15, 0.2) is 6.10 Å². The number of anilines is 1. The van der Waals surface area contributed by atoms with Gasteiger partial charge in [-0.25, -0.2) is 0 Å². The summed E-state index contributed by atoms with van der Waals surface area (Å²) in [7, 11) is 0. The zero-order valence-corrected chi connectivity index (χ0v) is 13.3. The lowest BCUT2D eigenvalue weighted by atomic mass is 10.2. The monoisotopic (exact) mass is 333 g/mol. The third-order valence-corrected chi connectivity index (χ3v) is 3.99. The molecule has 1 saturated heterocycles. The predicted octanol–water partition coefficient (Wildman–Crippen LogP) is 1.60. The van der Waals surface area contributed by atoms with Crippen molar-refractivity contribution in [2.75, 3.05) is 24.2 Å². The Balaban J connectivity index is 1.85. The predicted molar refractivity (Wildman–Crippen MR) is 84.8 cm³/mol. The maximum atomic E-state index is 12.0. The SMILES string of the molecule is C[C@H](OC(=O)CN1CCSC1=O)C(=O)Nc1cccc(C#N)c1. The van der Waals surface area contributed by atoms with E-state index in [1.54, 1.807) is 18.2 Å². The van der Waals surface area contributed by atoms with Gasteiger partial charge in [-0.1, -0.05) is 17.8 Å². The van der Waals surface area contributed by atoms with E-state index in [1.165, 1.54) is 17.9 Å². The number of rotatable bonds is 5. The number of nitrogens with zero attached hydrogens (tertiary/aromatic N) is 2. The van der Waals surface area contributed by atoms with Crippen molar-refractivity contribution in [2.45, 2.75) is 13.0 Å². The minimum atomic E-state index is -1.00. The number of carbonyl (C=O) groups excluding carboxylic acids is 3. The molecule has 1 aliphatic rings. The number of ether oxygens (including phenoxy) is 1. The van der Waals surface area contributed by atoms with E-state index in [4.69, 9.17) is 10.00 Å². The largest absolute Gasteiger partial charge is 0.451 e. The van der Waals surface area contributed by atoms with E-state index in [-0.39, 0.29) is 11.8 Å². The average Bonchev–Trinajstić information content (AvgIpc) is 2.92. The molecule has 2 rings (SSSR count). The molecule has 0 radical (unpaired) electrons. The molecular formula is C15H15N3O4S. The van der Waals surface area contributed by atoms with Crippen LogP contribution in [0.1, 0.15) is 12.5 Å². The molecule has 120 valence electrons. The maximum Gasteiger partial charge on any atom is 0.326 e. The Labute approximate surface area is 137 Å². The molecule has 1 heterocycles. The van der Waals surface area contributed by atoms with E-state index in [9.17, 15) is 14.4 Å². The molecule has 1 aromatic carbocycles. The topological polar surface area (TPSA) is 99.5 Å². The van der Waals surface area contributed by atoms with Gasteiger partial charge in [-0.15, -0.1) is 0 Å². The van der Waals surface area contributed by atoms with Crippen LogP contribution in [0, 0.1) is 11.3 Å². The van der Waals surface area contributed by atoms with Gasteiger partial charge in [-0.05, 0) is 25.1 Å². The second-order valence-corrected chi connectivity index (χ2v) is 5.90. The summed E-state index contributed by atoms with van der Waals surface area (Å²) in [5.74, 6) is -0.484. The molecular weight excluding hydrogens is 318 g/mol. The second kappa shape index (κ2) is 7.65. The smallest absolute Gasteiger partial charge is 0.326 e. The lowest BCUT2D eigenvalue weighted by Gasteiger charge is -2.17. The third kappa shape index (κ3) is 4.72. The third-order valence-electron chi connectivity index (χ3n) is 3.10. The number of thioether (sulfide) groups is 1. The summed E-state index contributed by atoms with van der Waals surface area (Å²) in [6.07, 6.45) is -1.00. The van der Waals surface area contributed by atoms with E-state index >= 15 is 0 Å². The first kappa shape index (κ1) is 16.8. The molecule has 7 nitrogen and oxygen atoms in total. The first-order valence-corrected chi connectivity index (χ1v) is 7.90. The van der Waals surface area contributed by atoms with Gasteiger partial charge in [0, 0.05) is 18.0 Å². The number of esters is 1. The Hall–Kier alpha value is -2.53. The fraction of sp³-hybridized carbons (Fsp3) is 0.333. The molecule has 8 heteroatoms. The van der Waals surface area contributed by atoms with E-state index < -0.39 is 18.0 Å². The fourth-order valence-electron chi connectivity index (χ4n) is 1.92. The van der Waals surface area contributed by atoms with E-state index in [2.05, 4.69) is 5.32 Å². The van der Waals surface area contributed by atoms with Crippen LogP contribution in [0.25, 0.3) is 0 Å². The Bertz CT molecular complexity index is 671. The Morgan fingerprint density at radius 3 is 2.96 bits per heavy atom. The normalized spacial score (nSPS) is 15.0. The van der Waals surface area contributed by atoms with Gasteiger partial charge in [0.2, 0.25) is 0 Å². The summed E-state index contributed by atoms with van der Waals surface area (Å²) in [4.78, 5) is 36.5. The molecule has 0 saturated carbocycles. The molecule has 0 unspecified atom stereocenters. The molecule has 0 bridgehead atoms. The molecule has 1 aliphatic heterocycles. The maximum absolute atomic E-state index is 12.0. The number of nitrogens with one attached hydrogen (secondary N) is 1. The highest BCUT2D eigenvalue weighted by atomic mass is 32.2. The molecule has 23 heavy (non-hydrogen) atoms. The van der Waals surface area contributed by atoms with Gasteiger partial charge in [-0.3, -0.25) is 14.4 Å². The molecule has 2 amide bonds. The number of amides is 2. The van der Waals surface area contributed by atoms with Crippen molar-refractivity contribution in [3.8, 4) is 6.07 Å². The van der Waals surface area contributed by atoms with Crippen molar-refractivity contribution >= 4 is 34.6 Å². The summed E-state index contributed by atoms with van der Waals surface area (Å²) in [5, 5.41) is 11.2. The zero-order chi connectivity index (χ0) is 16.8. The number of hydrogen-bond donors (Lipinski definition) is 1. The van der Waals surface area contributed by atoms with E-state index in [0.29, 0.717) is 23.5 Å². The summed E-state index contributed by atoms with van der Waals surface area (Å²) >= 11 is 1.15. The minimum Gasteiger partial charge on any atom is -0.451 e. The number of benzene rings is 1. The number of hydrogen-bond acceptors (Lipinski definition) is 6. The van der Waals surface area contributed by atoms with Gasteiger partial charge in [0.1, 0.15) is 6.54 Å². The highest BCUT2D eigenvalue weighted by Crippen LogP contribution is 2.17. The Kier molecular flexibility index (Phi) is 5.60. The number of carbonyl (C=O) groups is 3. The number of nitriles is 1. The molecule has 1 atom stereocenters. The molecule has 1 aromatic rings. The standard InChI is InChI=1S/C15H15N3O4S/c1-10(22-13(19)9-18-5-6-23-15(18)21)14(20)17-12-4-2-3-11(7-12)8-16/h2-4,7,10H,5-6,9H2,1H3,(H,17,20)/t10-/m0/s1. The van der Waals surface area contributed by atoms with Crippen molar-refractivity contribution in [3.63, 3.8) is 0 Å². The van der Waals surface area contributed by atoms with Gasteiger partial charge >= 0.3 is 5.97 Å². The lowest BCUT2D eigenvalue weighted by Crippen LogP contribution is -2.36. The lowest BCUT2D eigenvalue weighted by molar-refractivity contribution is -0.153. The van der Waals surface area contributed by atoms with Crippen molar-refractivity contribution in [2.24, 2.45) is 0 Å². The fourth-order valence-corrected chi connectivity index (χ4v) is 2.75. The summed E-state index contributed by atoms with van der Waals surface area (Å²) < 4.78 is 5.03. The van der Waals surface area contributed by atoms with Crippen LogP contribution in [0.5, 0.6) is 0 Å². The van der Waals surface area contributed by atoms with E-state index in [0.717, 1.165) is 11.8 Å². The molecule has 0 aliphatic carbocycles. The first-order valence-electron chi connectivity index (χ1n) is 6.92. The van der Waals surface area contributed by atoms with Crippen LogP contribution in [-0.2, 0) is 14.3 Å². The average molecular weight is 333 g/mol. The summed E-state index contributed by atoms with van der Waals surface area (Å²) in [6.45, 7) is 1.79. The summed E-state index contributed by atoms with van der Waals surface area (Å²) in [6, 6.07) is 8.38. The van der Waals surface area contributed by atoms with Crippen LogP contribution >= 0.6 is 11.8 Å². The Morgan fingerprint density at radius 2 is 2.30 bits per heavy atom.